The van der Waals surface area contributed by atoms with E-state index in [1.54, 1.807) is 10.3 Å². The Kier molecular flexibility index (Phi) is 11.4. The van der Waals surface area contributed by atoms with Gasteiger partial charge in [-0.2, -0.15) is 0 Å². The number of rotatable bonds is 12. The third-order valence-corrected chi connectivity index (χ3v) is 7.21. The normalized spacial score (nSPS) is 17.3. The Labute approximate surface area is 213 Å². The van der Waals surface area contributed by atoms with E-state index in [0.29, 0.717) is 23.9 Å². The van der Waals surface area contributed by atoms with Crippen molar-refractivity contribution in [3.05, 3.63) is 11.1 Å². The van der Waals surface area contributed by atoms with Crippen molar-refractivity contribution in [1.82, 2.24) is 20.1 Å². The Morgan fingerprint density at radius 3 is 2.63 bits per heavy atom. The van der Waals surface area contributed by atoms with Crippen molar-refractivity contribution in [2.75, 3.05) is 57.8 Å². The molecule has 2 N–H and O–H groups in total. The summed E-state index contributed by atoms with van der Waals surface area (Å²) in [6, 6.07) is 0. The molecule has 2 aliphatic rings. The first kappa shape index (κ1) is 27.5. The molecule has 2 heterocycles. The summed E-state index contributed by atoms with van der Waals surface area (Å²) in [6.45, 7) is 9.75. The van der Waals surface area contributed by atoms with E-state index >= 15 is 0 Å². The Morgan fingerprint density at radius 2 is 1.91 bits per heavy atom. The summed E-state index contributed by atoms with van der Waals surface area (Å²) in [5, 5.41) is 8.01. The lowest BCUT2D eigenvalue weighted by molar-refractivity contribution is -0.139. The summed E-state index contributed by atoms with van der Waals surface area (Å²) < 4.78 is 5.34. The smallest absolute Gasteiger partial charge is 0.245 e. The highest BCUT2D eigenvalue weighted by Gasteiger charge is 2.28. The van der Waals surface area contributed by atoms with E-state index in [2.05, 4.69) is 34.4 Å². The molecule has 3 rings (SSSR count). The van der Waals surface area contributed by atoms with Crippen LogP contribution in [0.5, 0.6) is 0 Å². The molecule has 1 aliphatic heterocycles. The molecule has 196 valence electrons. The molecule has 3 amide bonds. The second-order valence-electron chi connectivity index (χ2n) is 9.97. The van der Waals surface area contributed by atoms with Gasteiger partial charge in [0.1, 0.15) is 0 Å². The molecular weight excluding hydrogens is 466 g/mol. The maximum Gasteiger partial charge on any atom is 0.245 e. The van der Waals surface area contributed by atoms with Crippen LogP contribution in [0.4, 0.5) is 5.13 Å². The van der Waals surface area contributed by atoms with E-state index in [0.717, 1.165) is 65.0 Å². The van der Waals surface area contributed by atoms with Gasteiger partial charge in [-0.1, -0.05) is 33.1 Å². The van der Waals surface area contributed by atoms with Crippen LogP contribution in [-0.2, 0) is 25.5 Å². The van der Waals surface area contributed by atoms with Crippen molar-refractivity contribution in [2.24, 2.45) is 11.8 Å². The first-order valence-corrected chi connectivity index (χ1v) is 13.9. The predicted octanol–water partition coefficient (Wildman–Crippen LogP) is 2.53. The molecule has 1 saturated heterocycles. The van der Waals surface area contributed by atoms with Crippen LogP contribution in [-0.4, -0.2) is 85.0 Å². The number of amides is 3. The summed E-state index contributed by atoms with van der Waals surface area (Å²) in [5.41, 5.74) is 0.633. The predicted molar refractivity (Wildman–Crippen MR) is 137 cm³/mol. The van der Waals surface area contributed by atoms with Gasteiger partial charge in [0.25, 0.3) is 0 Å². The zero-order valence-corrected chi connectivity index (χ0v) is 22.0. The van der Waals surface area contributed by atoms with Crippen molar-refractivity contribution in [2.45, 2.75) is 58.8 Å². The van der Waals surface area contributed by atoms with Crippen LogP contribution in [0.2, 0.25) is 0 Å². The van der Waals surface area contributed by atoms with Crippen LogP contribution in [0.1, 0.15) is 58.1 Å². The fraction of sp³-hybridized carbons (Fsp3) is 0.760. The van der Waals surface area contributed by atoms with Gasteiger partial charge in [0.2, 0.25) is 17.7 Å². The third kappa shape index (κ3) is 9.85. The molecule has 10 heteroatoms. The first-order valence-electron chi connectivity index (χ1n) is 13.0. The van der Waals surface area contributed by atoms with E-state index in [9.17, 15) is 14.4 Å². The van der Waals surface area contributed by atoms with Crippen molar-refractivity contribution >= 4 is 34.2 Å². The van der Waals surface area contributed by atoms with Crippen LogP contribution in [0.3, 0.4) is 0 Å². The summed E-state index contributed by atoms with van der Waals surface area (Å²) in [4.78, 5) is 46.4. The number of carbonyl (C=O) groups is 3. The molecule has 0 atom stereocenters. The van der Waals surface area contributed by atoms with Crippen LogP contribution in [0.15, 0.2) is 5.38 Å². The third-order valence-electron chi connectivity index (χ3n) is 6.40. The SMILES string of the molecule is CC(C)CN(CC(=O)Nc1nc(CC(=O)NCCCN2CCOCC2)cs1)C(=O)C1CCCCC1. The first-order chi connectivity index (χ1) is 16.9. The number of morpholine rings is 1. The molecule has 1 aromatic rings. The minimum atomic E-state index is -0.247. The molecule has 0 spiro atoms. The molecule has 1 aliphatic carbocycles. The van der Waals surface area contributed by atoms with E-state index in [-0.39, 0.29) is 42.5 Å². The minimum absolute atomic E-state index is 0.0338. The highest BCUT2D eigenvalue weighted by molar-refractivity contribution is 7.13. The average molecular weight is 508 g/mol. The molecule has 2 fully saturated rings. The quantitative estimate of drug-likeness (QED) is 0.422. The lowest BCUT2D eigenvalue weighted by Gasteiger charge is -2.30. The van der Waals surface area contributed by atoms with Gasteiger partial charge in [-0.3, -0.25) is 19.3 Å². The zero-order valence-electron chi connectivity index (χ0n) is 21.2. The van der Waals surface area contributed by atoms with Crippen molar-refractivity contribution in [3.8, 4) is 0 Å². The van der Waals surface area contributed by atoms with Crippen molar-refractivity contribution < 1.29 is 19.1 Å². The lowest BCUT2D eigenvalue weighted by atomic mass is 9.88. The number of carbonyl (C=O) groups excluding carboxylic acids is 3. The Balaban J connectivity index is 1.40. The highest BCUT2D eigenvalue weighted by atomic mass is 32.1. The van der Waals surface area contributed by atoms with E-state index in [1.165, 1.54) is 17.8 Å². The van der Waals surface area contributed by atoms with Gasteiger partial charge >= 0.3 is 0 Å². The number of hydrogen-bond donors (Lipinski definition) is 2. The monoisotopic (exact) mass is 507 g/mol. The molecule has 1 saturated carbocycles. The molecule has 35 heavy (non-hydrogen) atoms. The van der Waals surface area contributed by atoms with Crippen molar-refractivity contribution in [1.29, 1.82) is 0 Å². The van der Waals surface area contributed by atoms with Crippen LogP contribution in [0.25, 0.3) is 0 Å². The number of anilines is 1. The zero-order chi connectivity index (χ0) is 25.0. The standard InChI is InChI=1S/C25H41N5O4S/c1-19(2)16-30(24(33)20-7-4-3-5-8-20)17-23(32)28-25-27-21(18-35-25)15-22(31)26-9-6-10-29-11-13-34-14-12-29/h18-20H,3-17H2,1-2H3,(H,26,31)(H,27,28,32). The summed E-state index contributed by atoms with van der Waals surface area (Å²) in [6.07, 6.45) is 6.27. The van der Waals surface area contributed by atoms with Crippen LogP contribution in [0, 0.1) is 11.8 Å². The summed E-state index contributed by atoms with van der Waals surface area (Å²) in [5.74, 6) is 0.0987. The van der Waals surface area contributed by atoms with Crippen LogP contribution < -0.4 is 10.6 Å². The number of nitrogens with one attached hydrogen (secondary N) is 2. The molecular formula is C25H41N5O4S. The van der Waals surface area contributed by atoms with Crippen LogP contribution >= 0.6 is 11.3 Å². The fourth-order valence-corrected chi connectivity index (χ4v) is 5.37. The molecule has 9 nitrogen and oxygen atoms in total. The lowest BCUT2D eigenvalue weighted by Crippen LogP contribution is -2.43. The molecule has 1 aromatic heterocycles. The van der Waals surface area contributed by atoms with Gasteiger partial charge in [-0.25, -0.2) is 4.98 Å². The Morgan fingerprint density at radius 1 is 1.17 bits per heavy atom. The highest BCUT2D eigenvalue weighted by Crippen LogP contribution is 2.26. The maximum absolute atomic E-state index is 13.0. The second kappa shape index (κ2) is 14.5. The number of hydrogen-bond acceptors (Lipinski definition) is 7. The fourth-order valence-electron chi connectivity index (χ4n) is 4.64. The number of thiazole rings is 1. The van der Waals surface area contributed by atoms with E-state index < -0.39 is 0 Å². The average Bonchev–Trinajstić information content (AvgIpc) is 3.28. The minimum Gasteiger partial charge on any atom is -0.379 e. The molecule has 0 bridgehead atoms. The van der Waals surface area contributed by atoms with Gasteiger partial charge < -0.3 is 20.3 Å². The number of nitrogens with zero attached hydrogens (tertiary/aromatic N) is 3. The van der Waals surface area contributed by atoms with Gasteiger partial charge in [0.05, 0.1) is 31.9 Å². The molecule has 0 radical (unpaired) electrons. The van der Waals surface area contributed by atoms with Crippen molar-refractivity contribution in [3.63, 3.8) is 0 Å². The maximum atomic E-state index is 13.0. The number of ether oxygens (including phenoxy) is 1. The molecule has 0 aromatic carbocycles. The summed E-state index contributed by atoms with van der Waals surface area (Å²) in [7, 11) is 0. The topological polar surface area (TPSA) is 104 Å². The Hall–Kier alpha value is -2.04. The van der Waals surface area contributed by atoms with Gasteiger partial charge in [0, 0.05) is 37.5 Å². The van der Waals surface area contributed by atoms with Gasteiger partial charge in [-0.05, 0) is 31.7 Å². The molecule has 0 unspecified atom stereocenters. The number of aromatic nitrogens is 1. The largest absolute Gasteiger partial charge is 0.379 e. The van der Waals surface area contributed by atoms with Gasteiger partial charge in [-0.15, -0.1) is 11.3 Å². The summed E-state index contributed by atoms with van der Waals surface area (Å²) >= 11 is 1.30. The van der Waals surface area contributed by atoms with Gasteiger partial charge in [0.15, 0.2) is 5.13 Å². The second-order valence-corrected chi connectivity index (χ2v) is 10.8. The van der Waals surface area contributed by atoms with E-state index in [1.807, 2.05) is 0 Å². The van der Waals surface area contributed by atoms with E-state index in [4.69, 9.17) is 4.74 Å². The Bertz CT molecular complexity index is 819.